The molecular weight excluding hydrogens is 428 g/mol. The summed E-state index contributed by atoms with van der Waals surface area (Å²) < 4.78 is 25.5. The highest BCUT2D eigenvalue weighted by Gasteiger charge is 2.38. The average Bonchev–Trinajstić information content (AvgIpc) is 3.54. The van der Waals surface area contributed by atoms with Crippen LogP contribution in [0.3, 0.4) is 0 Å². The molecule has 0 radical (unpaired) electrons. The predicted octanol–water partition coefficient (Wildman–Crippen LogP) is 4.27. The van der Waals surface area contributed by atoms with Gasteiger partial charge in [0.05, 0.1) is 17.4 Å². The number of benzene rings is 1. The first-order chi connectivity index (χ1) is 15.4. The smallest absolute Gasteiger partial charge is 0.320 e. The topological polar surface area (TPSA) is 103 Å². The lowest BCUT2D eigenvalue weighted by atomic mass is 9.84. The van der Waals surface area contributed by atoms with Gasteiger partial charge in [-0.2, -0.15) is 15.6 Å². The minimum absolute atomic E-state index is 0.00579. The van der Waals surface area contributed by atoms with Crippen LogP contribution in [0, 0.1) is 0 Å². The van der Waals surface area contributed by atoms with E-state index in [4.69, 9.17) is 4.52 Å². The minimum atomic E-state index is -2.54. The second kappa shape index (κ2) is 8.68. The molecule has 3 fully saturated rings. The monoisotopic (exact) mass is 460 g/mol. The lowest BCUT2D eigenvalue weighted by molar-refractivity contribution is 0.129. The number of carbonyl (C=O) groups excluding carboxylic acids is 1. The van der Waals surface area contributed by atoms with Gasteiger partial charge in [0.1, 0.15) is 0 Å². The van der Waals surface area contributed by atoms with Crippen molar-refractivity contribution in [1.82, 2.24) is 19.9 Å². The van der Waals surface area contributed by atoms with Gasteiger partial charge in [-0.05, 0) is 36.8 Å². The molecule has 1 saturated carbocycles. The second-order valence-electron chi connectivity index (χ2n) is 9.37. The molecule has 1 aromatic heterocycles. The van der Waals surface area contributed by atoms with E-state index in [1.54, 1.807) is 4.90 Å². The van der Waals surface area contributed by atoms with Crippen LogP contribution < -0.4 is 0 Å². The van der Waals surface area contributed by atoms with Crippen LogP contribution in [-0.2, 0) is 6.42 Å². The molecule has 5 rings (SSSR count). The Labute approximate surface area is 190 Å². The Morgan fingerprint density at radius 1 is 1.06 bits per heavy atom. The maximum absolute atomic E-state index is 13.4. The van der Waals surface area contributed by atoms with Crippen LogP contribution in [0.25, 0.3) is 0 Å². The second-order valence-corrected chi connectivity index (χ2v) is 11.8. The summed E-state index contributed by atoms with van der Waals surface area (Å²) in [5, 5.41) is 4.20. The highest BCUT2D eigenvalue weighted by Crippen LogP contribution is 2.42. The van der Waals surface area contributed by atoms with E-state index in [1.165, 1.54) is 11.1 Å². The van der Waals surface area contributed by atoms with Crippen LogP contribution in [0.5, 0.6) is 0 Å². The van der Waals surface area contributed by atoms with Crippen LogP contribution in [0.1, 0.15) is 66.8 Å². The van der Waals surface area contributed by atoms with E-state index in [0.717, 1.165) is 31.5 Å². The van der Waals surface area contributed by atoms with E-state index in [-0.39, 0.29) is 29.4 Å². The first-order valence-electron chi connectivity index (χ1n) is 11.6. The van der Waals surface area contributed by atoms with Gasteiger partial charge in [-0.3, -0.25) is 9.11 Å². The third kappa shape index (κ3) is 4.65. The standard InChI is InChI=1S/C23H32N4O4S/c1-2-16-3-5-17(6-4-16)19-13-20(22-24-21(25-31-22)18-7-8-18)15-27(14-19)23(28)26-9-11-32(29,30)12-10-26/h3-6,18-20,29-30H,2,7-15H2,1H3. The Morgan fingerprint density at radius 2 is 1.75 bits per heavy atom. The number of aryl methyl sites for hydroxylation is 1. The largest absolute Gasteiger partial charge is 0.339 e. The number of likely N-dealkylation sites (tertiary alicyclic amines) is 1. The van der Waals surface area contributed by atoms with Crippen LogP contribution in [-0.4, -0.2) is 72.8 Å². The molecule has 0 spiro atoms. The SMILES string of the molecule is CCc1ccc(C2CC(c3nc(C4CC4)no3)CN(C(=O)N3CCS(O)(O)CC3)C2)cc1. The Balaban J connectivity index is 1.37. The van der Waals surface area contributed by atoms with Crippen molar-refractivity contribution in [2.45, 2.75) is 50.4 Å². The molecule has 32 heavy (non-hydrogen) atoms. The number of amides is 2. The zero-order valence-electron chi connectivity index (χ0n) is 18.5. The first kappa shape index (κ1) is 21.7. The Morgan fingerprint density at radius 3 is 2.41 bits per heavy atom. The predicted molar refractivity (Wildman–Crippen MR) is 123 cm³/mol. The molecule has 3 heterocycles. The summed E-state index contributed by atoms with van der Waals surface area (Å²) in [6.45, 7) is 4.08. The lowest BCUT2D eigenvalue weighted by Gasteiger charge is -2.44. The van der Waals surface area contributed by atoms with Crippen molar-refractivity contribution >= 4 is 16.6 Å². The fraction of sp³-hybridized carbons (Fsp3) is 0.609. The highest BCUT2D eigenvalue weighted by molar-refractivity contribution is 8.24. The van der Waals surface area contributed by atoms with E-state index in [0.29, 0.717) is 38.0 Å². The van der Waals surface area contributed by atoms with Crippen molar-refractivity contribution in [3.63, 3.8) is 0 Å². The van der Waals surface area contributed by atoms with Gasteiger partial charge in [-0.25, -0.2) is 4.79 Å². The summed E-state index contributed by atoms with van der Waals surface area (Å²) in [5.74, 6) is 2.55. The average molecular weight is 461 g/mol. The summed E-state index contributed by atoms with van der Waals surface area (Å²) in [6, 6.07) is 8.64. The molecule has 3 aliphatic rings. The fourth-order valence-corrected chi connectivity index (χ4v) is 5.97. The maximum Gasteiger partial charge on any atom is 0.320 e. The molecule has 2 atom stereocenters. The molecule has 174 valence electrons. The van der Waals surface area contributed by atoms with Gasteiger partial charge in [0.15, 0.2) is 5.82 Å². The molecule has 1 aliphatic carbocycles. The molecule has 0 bridgehead atoms. The van der Waals surface area contributed by atoms with Crippen molar-refractivity contribution in [3.05, 3.63) is 47.1 Å². The molecule has 1 aromatic carbocycles. The molecule has 9 heteroatoms. The van der Waals surface area contributed by atoms with Gasteiger partial charge < -0.3 is 14.3 Å². The molecule has 2 saturated heterocycles. The van der Waals surface area contributed by atoms with Gasteiger partial charge in [-0.15, -0.1) is 0 Å². The summed E-state index contributed by atoms with van der Waals surface area (Å²) in [7, 11) is -2.54. The number of hydrogen-bond donors (Lipinski definition) is 2. The van der Waals surface area contributed by atoms with Gasteiger partial charge in [0, 0.05) is 38.0 Å². The van der Waals surface area contributed by atoms with Crippen molar-refractivity contribution in [2.24, 2.45) is 0 Å². The Hall–Kier alpha value is -2.10. The Kier molecular flexibility index (Phi) is 5.90. The summed E-state index contributed by atoms with van der Waals surface area (Å²) in [4.78, 5) is 21.7. The molecule has 2 unspecified atom stereocenters. The Bertz CT molecular complexity index is 949. The first-order valence-corrected chi connectivity index (χ1v) is 13.5. The van der Waals surface area contributed by atoms with Crippen LogP contribution in [0.4, 0.5) is 4.79 Å². The van der Waals surface area contributed by atoms with Gasteiger partial charge in [0.25, 0.3) is 0 Å². The number of hydrogen-bond acceptors (Lipinski definition) is 6. The zero-order chi connectivity index (χ0) is 22.3. The maximum atomic E-state index is 13.4. The molecule has 8 nitrogen and oxygen atoms in total. The molecule has 2 aromatic rings. The minimum Gasteiger partial charge on any atom is -0.339 e. The molecule has 2 amide bonds. The van der Waals surface area contributed by atoms with Crippen LogP contribution >= 0.6 is 10.6 Å². The van der Waals surface area contributed by atoms with E-state index in [2.05, 4.69) is 41.3 Å². The molecular formula is C23H32N4O4S. The van der Waals surface area contributed by atoms with Crippen molar-refractivity contribution in [3.8, 4) is 0 Å². The van der Waals surface area contributed by atoms with Crippen molar-refractivity contribution in [2.75, 3.05) is 37.7 Å². The van der Waals surface area contributed by atoms with E-state index in [1.807, 2.05) is 4.90 Å². The van der Waals surface area contributed by atoms with Crippen LogP contribution in [0.2, 0.25) is 0 Å². The number of aromatic nitrogens is 2. The highest BCUT2D eigenvalue weighted by atomic mass is 32.3. The van der Waals surface area contributed by atoms with E-state index in [9.17, 15) is 13.9 Å². The van der Waals surface area contributed by atoms with E-state index >= 15 is 0 Å². The summed E-state index contributed by atoms with van der Waals surface area (Å²) >= 11 is 0. The van der Waals surface area contributed by atoms with Gasteiger partial charge >= 0.3 is 6.03 Å². The van der Waals surface area contributed by atoms with Gasteiger partial charge in [0.2, 0.25) is 5.89 Å². The summed E-state index contributed by atoms with van der Waals surface area (Å²) in [5.41, 5.74) is 2.52. The number of rotatable bonds is 4. The number of nitrogens with zero attached hydrogens (tertiary/aromatic N) is 4. The zero-order valence-corrected chi connectivity index (χ0v) is 19.3. The number of urea groups is 1. The fourth-order valence-electron chi connectivity index (χ4n) is 4.74. The summed E-state index contributed by atoms with van der Waals surface area (Å²) in [6.07, 6.45) is 4.10. The van der Waals surface area contributed by atoms with E-state index < -0.39 is 10.6 Å². The van der Waals surface area contributed by atoms with Crippen molar-refractivity contribution < 1.29 is 18.4 Å². The number of piperidine rings is 1. The molecule has 2 aliphatic heterocycles. The normalized spacial score (nSPS) is 26.7. The molecule has 2 N–H and O–H groups in total. The number of carbonyl (C=O) groups is 1. The lowest BCUT2D eigenvalue weighted by Crippen LogP contribution is -2.52. The van der Waals surface area contributed by atoms with Crippen molar-refractivity contribution in [1.29, 1.82) is 0 Å². The van der Waals surface area contributed by atoms with Crippen LogP contribution in [0.15, 0.2) is 28.8 Å². The third-order valence-electron chi connectivity index (χ3n) is 6.98. The van der Waals surface area contributed by atoms with Gasteiger partial charge in [-0.1, -0.05) is 36.3 Å². The third-order valence-corrected chi connectivity index (χ3v) is 8.65. The quantitative estimate of drug-likeness (QED) is 0.706.